The first kappa shape index (κ1) is 11.1. The van der Waals surface area contributed by atoms with E-state index in [-0.39, 0.29) is 5.91 Å². The van der Waals surface area contributed by atoms with Gasteiger partial charge in [0.15, 0.2) is 0 Å². The number of aromatic nitrogens is 2. The molecule has 1 aromatic heterocycles. The van der Waals surface area contributed by atoms with Gasteiger partial charge in [0.25, 0.3) is 0 Å². The molecular formula is C10H13ClN4O. The number of amides is 1. The molecule has 1 amide bonds. The number of halogens is 1. The van der Waals surface area contributed by atoms with E-state index >= 15 is 0 Å². The maximum absolute atomic E-state index is 11.6. The Labute approximate surface area is 99.0 Å². The van der Waals surface area contributed by atoms with Crippen LogP contribution in [0.4, 0.5) is 5.82 Å². The van der Waals surface area contributed by atoms with Gasteiger partial charge in [-0.25, -0.2) is 9.97 Å². The molecule has 0 unspecified atom stereocenters. The standard InChI is InChI=1S/C10H13ClN4O/c1-3-14-6-15(5-10(14)16)9-4-8(11)12-7(2)13-9/h4H,3,5-6H2,1-2H3. The summed E-state index contributed by atoms with van der Waals surface area (Å²) in [6, 6.07) is 1.68. The number of hydrogen-bond acceptors (Lipinski definition) is 4. The van der Waals surface area contributed by atoms with Crippen LogP contribution in [0.25, 0.3) is 0 Å². The SMILES string of the molecule is CCN1CN(c2cc(Cl)nc(C)n2)CC1=O. The van der Waals surface area contributed by atoms with Crippen LogP contribution in [0.3, 0.4) is 0 Å². The van der Waals surface area contributed by atoms with Gasteiger partial charge < -0.3 is 9.80 Å². The Morgan fingerprint density at radius 3 is 2.81 bits per heavy atom. The molecular weight excluding hydrogens is 228 g/mol. The molecule has 0 aliphatic carbocycles. The van der Waals surface area contributed by atoms with Crippen molar-refractivity contribution in [2.75, 3.05) is 24.7 Å². The second kappa shape index (κ2) is 4.25. The molecule has 0 bridgehead atoms. The highest BCUT2D eigenvalue weighted by atomic mass is 35.5. The normalized spacial score (nSPS) is 16.1. The lowest BCUT2D eigenvalue weighted by atomic mass is 10.5. The molecule has 0 saturated carbocycles. The minimum atomic E-state index is 0.120. The fraction of sp³-hybridized carbons (Fsp3) is 0.500. The molecule has 0 N–H and O–H groups in total. The topological polar surface area (TPSA) is 49.3 Å². The molecule has 2 heterocycles. The lowest BCUT2D eigenvalue weighted by Gasteiger charge is -2.17. The summed E-state index contributed by atoms with van der Waals surface area (Å²) < 4.78 is 0. The summed E-state index contributed by atoms with van der Waals surface area (Å²) in [5.41, 5.74) is 0. The van der Waals surface area contributed by atoms with E-state index in [0.29, 0.717) is 36.6 Å². The maximum Gasteiger partial charge on any atom is 0.243 e. The van der Waals surface area contributed by atoms with Gasteiger partial charge in [0.05, 0.1) is 6.67 Å². The molecule has 5 nitrogen and oxygen atoms in total. The van der Waals surface area contributed by atoms with E-state index < -0.39 is 0 Å². The van der Waals surface area contributed by atoms with Crippen molar-refractivity contribution in [3.05, 3.63) is 17.0 Å². The monoisotopic (exact) mass is 240 g/mol. The molecule has 1 aliphatic heterocycles. The van der Waals surface area contributed by atoms with Crippen molar-refractivity contribution in [3.8, 4) is 0 Å². The van der Waals surface area contributed by atoms with Crippen LogP contribution in [-0.2, 0) is 4.79 Å². The zero-order valence-electron chi connectivity index (χ0n) is 9.27. The Morgan fingerprint density at radius 2 is 2.25 bits per heavy atom. The second-order valence-electron chi connectivity index (χ2n) is 3.69. The van der Waals surface area contributed by atoms with Crippen LogP contribution >= 0.6 is 11.6 Å². The van der Waals surface area contributed by atoms with Gasteiger partial charge in [-0.3, -0.25) is 4.79 Å². The highest BCUT2D eigenvalue weighted by Crippen LogP contribution is 2.19. The molecule has 0 radical (unpaired) electrons. The second-order valence-corrected chi connectivity index (χ2v) is 4.07. The predicted octanol–water partition coefficient (Wildman–Crippen LogP) is 1.06. The van der Waals surface area contributed by atoms with Crippen LogP contribution in [0, 0.1) is 6.92 Å². The highest BCUT2D eigenvalue weighted by Gasteiger charge is 2.27. The van der Waals surface area contributed by atoms with Crippen molar-refractivity contribution in [1.29, 1.82) is 0 Å². The Bertz CT molecular complexity index is 403. The predicted molar refractivity (Wildman–Crippen MR) is 61.4 cm³/mol. The quantitative estimate of drug-likeness (QED) is 0.726. The molecule has 86 valence electrons. The van der Waals surface area contributed by atoms with E-state index in [0.717, 1.165) is 0 Å². The first-order valence-corrected chi connectivity index (χ1v) is 5.52. The number of anilines is 1. The molecule has 0 spiro atoms. The van der Waals surface area contributed by atoms with Gasteiger partial charge in [-0.2, -0.15) is 0 Å². The molecule has 0 atom stereocenters. The number of nitrogens with zero attached hydrogens (tertiary/aromatic N) is 4. The van der Waals surface area contributed by atoms with Crippen LogP contribution in [0.2, 0.25) is 5.15 Å². The Kier molecular flexibility index (Phi) is 2.96. The molecule has 6 heteroatoms. The third-order valence-corrected chi connectivity index (χ3v) is 2.71. The maximum atomic E-state index is 11.6. The first-order chi connectivity index (χ1) is 7.60. The van der Waals surface area contributed by atoms with Crippen molar-refractivity contribution < 1.29 is 4.79 Å². The Morgan fingerprint density at radius 1 is 1.50 bits per heavy atom. The molecule has 1 saturated heterocycles. The molecule has 0 aromatic carbocycles. The number of carbonyl (C=O) groups excluding carboxylic acids is 1. The van der Waals surface area contributed by atoms with E-state index in [1.807, 2.05) is 11.8 Å². The minimum absolute atomic E-state index is 0.120. The van der Waals surface area contributed by atoms with Crippen molar-refractivity contribution in [2.24, 2.45) is 0 Å². The summed E-state index contributed by atoms with van der Waals surface area (Å²) >= 11 is 5.86. The summed E-state index contributed by atoms with van der Waals surface area (Å²) in [7, 11) is 0. The van der Waals surface area contributed by atoms with Crippen molar-refractivity contribution in [3.63, 3.8) is 0 Å². The van der Waals surface area contributed by atoms with E-state index in [9.17, 15) is 4.79 Å². The van der Waals surface area contributed by atoms with Crippen LogP contribution in [0.1, 0.15) is 12.7 Å². The molecule has 1 aromatic rings. The summed E-state index contributed by atoms with van der Waals surface area (Å²) in [5.74, 6) is 1.45. The summed E-state index contributed by atoms with van der Waals surface area (Å²) in [6.45, 7) is 5.39. The fourth-order valence-corrected chi connectivity index (χ4v) is 1.93. The molecule has 16 heavy (non-hydrogen) atoms. The largest absolute Gasteiger partial charge is 0.329 e. The van der Waals surface area contributed by atoms with Crippen LogP contribution < -0.4 is 4.90 Å². The van der Waals surface area contributed by atoms with E-state index in [1.54, 1.807) is 17.9 Å². The van der Waals surface area contributed by atoms with Gasteiger partial charge >= 0.3 is 0 Å². The smallest absolute Gasteiger partial charge is 0.243 e. The molecule has 1 aliphatic rings. The lowest BCUT2D eigenvalue weighted by Crippen LogP contribution is -2.27. The number of aryl methyl sites for hydroxylation is 1. The first-order valence-electron chi connectivity index (χ1n) is 5.14. The molecule has 2 rings (SSSR count). The van der Waals surface area contributed by atoms with Crippen LogP contribution in [-0.4, -0.2) is 40.5 Å². The average Bonchev–Trinajstić information content (AvgIpc) is 2.58. The van der Waals surface area contributed by atoms with Gasteiger partial charge in [0.1, 0.15) is 23.3 Å². The van der Waals surface area contributed by atoms with E-state index in [1.165, 1.54) is 0 Å². The number of carbonyl (C=O) groups is 1. The van der Waals surface area contributed by atoms with Gasteiger partial charge in [0, 0.05) is 12.6 Å². The summed E-state index contributed by atoms with van der Waals surface area (Å²) in [6.07, 6.45) is 0. The lowest BCUT2D eigenvalue weighted by molar-refractivity contribution is -0.126. The van der Waals surface area contributed by atoms with Gasteiger partial charge in [0.2, 0.25) is 5.91 Å². The van der Waals surface area contributed by atoms with Gasteiger partial charge in [-0.1, -0.05) is 11.6 Å². The zero-order chi connectivity index (χ0) is 11.7. The Balaban J connectivity index is 2.23. The number of likely N-dealkylation sites (N-methyl/N-ethyl adjacent to an activating group) is 1. The van der Waals surface area contributed by atoms with Crippen LogP contribution in [0.5, 0.6) is 0 Å². The van der Waals surface area contributed by atoms with Gasteiger partial charge in [-0.15, -0.1) is 0 Å². The highest BCUT2D eigenvalue weighted by molar-refractivity contribution is 6.29. The van der Waals surface area contributed by atoms with Crippen molar-refractivity contribution in [2.45, 2.75) is 13.8 Å². The summed E-state index contributed by atoms with van der Waals surface area (Å²) in [5, 5.41) is 0.407. The fourth-order valence-electron chi connectivity index (χ4n) is 1.71. The Hall–Kier alpha value is -1.36. The summed E-state index contributed by atoms with van der Waals surface area (Å²) in [4.78, 5) is 23.5. The van der Waals surface area contributed by atoms with E-state index in [4.69, 9.17) is 11.6 Å². The third kappa shape index (κ3) is 2.09. The minimum Gasteiger partial charge on any atom is -0.329 e. The van der Waals surface area contributed by atoms with Crippen LogP contribution in [0.15, 0.2) is 6.07 Å². The van der Waals surface area contributed by atoms with E-state index in [2.05, 4.69) is 9.97 Å². The van der Waals surface area contributed by atoms with Crippen molar-refractivity contribution >= 4 is 23.3 Å². The third-order valence-electron chi connectivity index (χ3n) is 2.52. The van der Waals surface area contributed by atoms with Crippen molar-refractivity contribution in [1.82, 2.24) is 14.9 Å². The average molecular weight is 241 g/mol. The number of rotatable bonds is 2. The molecule has 1 fully saturated rings. The number of hydrogen-bond donors (Lipinski definition) is 0. The van der Waals surface area contributed by atoms with Gasteiger partial charge in [-0.05, 0) is 13.8 Å². The zero-order valence-corrected chi connectivity index (χ0v) is 10.0.